The highest BCUT2D eigenvalue weighted by atomic mass is 35.5. The van der Waals surface area contributed by atoms with Crippen LogP contribution in [0.15, 0.2) is 64.5 Å². The summed E-state index contributed by atoms with van der Waals surface area (Å²) in [6, 6.07) is 15.7. The van der Waals surface area contributed by atoms with Crippen LogP contribution in [0.2, 0.25) is 5.02 Å². The van der Waals surface area contributed by atoms with Gasteiger partial charge in [0.1, 0.15) is 5.82 Å². The Morgan fingerprint density at radius 3 is 2.52 bits per heavy atom. The Balaban J connectivity index is 1.66. The summed E-state index contributed by atoms with van der Waals surface area (Å²) >= 11 is 5.85. The van der Waals surface area contributed by atoms with E-state index in [4.69, 9.17) is 11.6 Å². The van der Waals surface area contributed by atoms with E-state index in [1.807, 2.05) is 38.1 Å². The molecule has 31 heavy (non-hydrogen) atoms. The molecule has 0 saturated carbocycles. The van der Waals surface area contributed by atoms with Crippen molar-refractivity contribution in [1.29, 1.82) is 0 Å². The summed E-state index contributed by atoms with van der Waals surface area (Å²) in [7, 11) is 0. The SMILES string of the molecule is Cc1cc(C=NNC(=O)c2ccc(Cl)cc2)c(C)n1-n1c(C)nc2ccccc2c1=O. The minimum atomic E-state index is -0.340. The van der Waals surface area contributed by atoms with E-state index in [9.17, 15) is 9.59 Å². The topological polar surface area (TPSA) is 81.3 Å². The number of hydrogen-bond donors (Lipinski definition) is 1. The van der Waals surface area contributed by atoms with Gasteiger partial charge >= 0.3 is 0 Å². The van der Waals surface area contributed by atoms with Crippen LogP contribution in [0.4, 0.5) is 0 Å². The predicted molar refractivity (Wildman–Crippen MR) is 122 cm³/mol. The molecule has 156 valence electrons. The van der Waals surface area contributed by atoms with Crippen molar-refractivity contribution in [3.8, 4) is 0 Å². The fraction of sp³-hybridized carbons (Fsp3) is 0.130. The minimum absolute atomic E-state index is 0.149. The van der Waals surface area contributed by atoms with Crippen LogP contribution in [-0.4, -0.2) is 26.5 Å². The maximum absolute atomic E-state index is 13.1. The number of nitrogens with zero attached hydrogens (tertiary/aromatic N) is 4. The van der Waals surface area contributed by atoms with Crippen molar-refractivity contribution in [2.75, 3.05) is 0 Å². The Hall–Kier alpha value is -3.71. The van der Waals surface area contributed by atoms with Gasteiger partial charge in [-0.1, -0.05) is 23.7 Å². The number of rotatable bonds is 4. The van der Waals surface area contributed by atoms with Gasteiger partial charge in [0.15, 0.2) is 0 Å². The second kappa shape index (κ2) is 8.20. The molecule has 2 aromatic carbocycles. The van der Waals surface area contributed by atoms with Crippen LogP contribution < -0.4 is 11.0 Å². The third-order valence-corrected chi connectivity index (χ3v) is 5.28. The third kappa shape index (κ3) is 3.87. The molecular weight excluding hydrogens is 414 g/mol. The maximum atomic E-state index is 13.1. The maximum Gasteiger partial charge on any atom is 0.280 e. The number of carbonyl (C=O) groups is 1. The lowest BCUT2D eigenvalue weighted by atomic mass is 10.2. The Bertz CT molecular complexity index is 1380. The van der Waals surface area contributed by atoms with E-state index in [2.05, 4.69) is 15.5 Å². The first-order valence-electron chi connectivity index (χ1n) is 9.64. The van der Waals surface area contributed by atoms with E-state index in [-0.39, 0.29) is 11.5 Å². The van der Waals surface area contributed by atoms with E-state index in [1.165, 1.54) is 0 Å². The fourth-order valence-corrected chi connectivity index (χ4v) is 3.64. The van der Waals surface area contributed by atoms with Gasteiger partial charge in [-0.05, 0) is 63.2 Å². The number of benzene rings is 2. The molecule has 0 aliphatic carbocycles. The minimum Gasteiger partial charge on any atom is -0.267 e. The van der Waals surface area contributed by atoms with Gasteiger partial charge in [-0.15, -0.1) is 0 Å². The van der Waals surface area contributed by atoms with E-state index < -0.39 is 0 Å². The standard InChI is InChI=1S/C23H20ClN5O2/c1-14-12-18(13-25-27-22(30)17-8-10-19(24)11-9-17)15(2)28(14)29-16(3)26-21-7-5-4-6-20(21)23(29)31/h4-13H,1-3H3,(H,27,30). The van der Waals surface area contributed by atoms with Crippen LogP contribution >= 0.6 is 11.6 Å². The molecule has 0 bridgehead atoms. The number of fused-ring (bicyclic) bond motifs is 1. The molecule has 0 saturated heterocycles. The van der Waals surface area contributed by atoms with Crippen molar-refractivity contribution in [3.05, 3.63) is 98.3 Å². The molecule has 0 unspecified atom stereocenters. The summed E-state index contributed by atoms with van der Waals surface area (Å²) < 4.78 is 3.36. The fourth-order valence-electron chi connectivity index (χ4n) is 3.51. The molecule has 0 radical (unpaired) electrons. The lowest BCUT2D eigenvalue weighted by Gasteiger charge is -2.16. The van der Waals surface area contributed by atoms with Crippen LogP contribution in [0.25, 0.3) is 10.9 Å². The zero-order valence-corrected chi connectivity index (χ0v) is 18.0. The van der Waals surface area contributed by atoms with Crippen molar-refractivity contribution in [2.24, 2.45) is 5.10 Å². The van der Waals surface area contributed by atoms with Crippen LogP contribution in [0, 0.1) is 20.8 Å². The third-order valence-electron chi connectivity index (χ3n) is 5.03. The molecule has 2 aromatic heterocycles. The van der Waals surface area contributed by atoms with Gasteiger partial charge in [0.25, 0.3) is 11.5 Å². The number of aryl methyl sites for hydroxylation is 2. The summed E-state index contributed by atoms with van der Waals surface area (Å²) in [5, 5.41) is 5.17. The molecule has 7 nitrogen and oxygen atoms in total. The first kappa shape index (κ1) is 20.6. The number of aromatic nitrogens is 3. The van der Waals surface area contributed by atoms with Gasteiger partial charge in [0.2, 0.25) is 0 Å². The van der Waals surface area contributed by atoms with E-state index in [0.717, 1.165) is 17.0 Å². The molecule has 4 aromatic rings. The highest BCUT2D eigenvalue weighted by molar-refractivity contribution is 6.30. The number of nitrogens with one attached hydrogen (secondary N) is 1. The van der Waals surface area contributed by atoms with Gasteiger partial charge in [0.05, 0.1) is 17.1 Å². The zero-order chi connectivity index (χ0) is 22.1. The molecule has 4 rings (SSSR count). The molecule has 0 spiro atoms. The predicted octanol–water partition coefficient (Wildman–Crippen LogP) is 3.85. The molecule has 0 aliphatic rings. The van der Waals surface area contributed by atoms with Crippen molar-refractivity contribution in [2.45, 2.75) is 20.8 Å². The lowest BCUT2D eigenvalue weighted by Crippen LogP contribution is -2.30. The highest BCUT2D eigenvalue weighted by Gasteiger charge is 2.15. The van der Waals surface area contributed by atoms with Crippen LogP contribution in [-0.2, 0) is 0 Å². The first-order chi connectivity index (χ1) is 14.9. The van der Waals surface area contributed by atoms with Gasteiger partial charge in [0, 0.05) is 27.5 Å². The van der Waals surface area contributed by atoms with Gasteiger partial charge < -0.3 is 0 Å². The average Bonchev–Trinajstić information content (AvgIpc) is 3.02. The van der Waals surface area contributed by atoms with Crippen LogP contribution in [0.5, 0.6) is 0 Å². The smallest absolute Gasteiger partial charge is 0.267 e. The van der Waals surface area contributed by atoms with E-state index >= 15 is 0 Å². The van der Waals surface area contributed by atoms with Crippen molar-refractivity contribution >= 4 is 34.6 Å². The van der Waals surface area contributed by atoms with Crippen LogP contribution in [0.1, 0.15) is 33.1 Å². The summed E-state index contributed by atoms with van der Waals surface area (Å²) in [5.74, 6) is 0.234. The Kier molecular flexibility index (Phi) is 5.44. The Morgan fingerprint density at radius 1 is 1.06 bits per heavy atom. The number of hydrogen-bond acceptors (Lipinski definition) is 4. The summed E-state index contributed by atoms with van der Waals surface area (Å²) in [4.78, 5) is 29.9. The highest BCUT2D eigenvalue weighted by Crippen LogP contribution is 2.16. The molecule has 0 fully saturated rings. The lowest BCUT2D eigenvalue weighted by molar-refractivity contribution is 0.0955. The second-order valence-electron chi connectivity index (χ2n) is 7.14. The monoisotopic (exact) mass is 433 g/mol. The Morgan fingerprint density at radius 2 is 1.77 bits per heavy atom. The van der Waals surface area contributed by atoms with Crippen LogP contribution in [0.3, 0.4) is 0 Å². The van der Waals surface area contributed by atoms with E-state index in [0.29, 0.717) is 27.3 Å². The van der Waals surface area contributed by atoms with Crippen molar-refractivity contribution in [1.82, 2.24) is 19.8 Å². The number of hydrazone groups is 1. The molecule has 1 amide bonds. The summed E-state index contributed by atoms with van der Waals surface area (Å²) in [5.41, 5.74) is 5.88. The second-order valence-corrected chi connectivity index (χ2v) is 7.57. The van der Waals surface area contributed by atoms with Gasteiger partial charge in [-0.3, -0.25) is 14.3 Å². The first-order valence-corrected chi connectivity index (χ1v) is 10.0. The molecule has 0 atom stereocenters. The molecule has 8 heteroatoms. The number of carbonyl (C=O) groups excluding carboxylic acids is 1. The quantitative estimate of drug-likeness (QED) is 0.392. The zero-order valence-electron chi connectivity index (χ0n) is 17.3. The van der Waals surface area contributed by atoms with Crippen molar-refractivity contribution in [3.63, 3.8) is 0 Å². The average molecular weight is 434 g/mol. The molecule has 2 heterocycles. The molecule has 0 aliphatic heterocycles. The number of halogens is 1. The number of amides is 1. The van der Waals surface area contributed by atoms with Gasteiger partial charge in [-0.2, -0.15) is 9.78 Å². The van der Waals surface area contributed by atoms with E-state index in [1.54, 1.807) is 52.8 Å². The molecular formula is C23H20ClN5O2. The number of para-hydroxylation sites is 1. The normalized spacial score (nSPS) is 11.4. The summed E-state index contributed by atoms with van der Waals surface area (Å²) in [6.07, 6.45) is 1.56. The van der Waals surface area contributed by atoms with Gasteiger partial charge in [-0.25, -0.2) is 10.4 Å². The van der Waals surface area contributed by atoms with Crippen molar-refractivity contribution < 1.29 is 4.79 Å². The Labute approximate surface area is 183 Å². The summed E-state index contributed by atoms with van der Waals surface area (Å²) in [6.45, 7) is 5.58. The largest absolute Gasteiger partial charge is 0.280 e. The molecule has 1 N–H and O–H groups in total.